The first-order chi connectivity index (χ1) is 7.61. The van der Waals surface area contributed by atoms with Crippen LogP contribution in [0, 0.1) is 17.8 Å². The maximum absolute atomic E-state index is 2.46. The summed E-state index contributed by atoms with van der Waals surface area (Å²) in [6.45, 7) is 11.9. The third kappa shape index (κ3) is 8.19. The molecule has 0 bridgehead atoms. The smallest absolute Gasteiger partial charge is 0.0414 e. The van der Waals surface area contributed by atoms with Crippen LogP contribution in [0.3, 0.4) is 0 Å². The first-order valence-corrected chi connectivity index (χ1v) is 7.61. The largest absolute Gasteiger partial charge is 0.0654 e. The fourth-order valence-corrected chi connectivity index (χ4v) is 2.54. The van der Waals surface area contributed by atoms with Gasteiger partial charge in [0.15, 0.2) is 0 Å². The van der Waals surface area contributed by atoms with E-state index in [-0.39, 0.29) is 0 Å². The van der Waals surface area contributed by atoms with E-state index in [1.54, 1.807) is 0 Å². The summed E-state index contributed by atoms with van der Waals surface area (Å²) in [5.74, 6) is 2.78. The van der Waals surface area contributed by atoms with E-state index in [0.717, 1.165) is 17.8 Å². The predicted octanol–water partition coefficient (Wildman–Crippen LogP) is 6.06. The van der Waals surface area contributed by atoms with Crippen LogP contribution in [0.25, 0.3) is 0 Å². The lowest BCUT2D eigenvalue weighted by Crippen LogP contribution is -2.12. The first kappa shape index (κ1) is 16.0. The molecule has 0 saturated carbocycles. The monoisotopic (exact) mass is 226 g/mol. The Hall–Kier alpha value is 0. The van der Waals surface area contributed by atoms with Crippen molar-refractivity contribution in [3.63, 3.8) is 0 Å². The van der Waals surface area contributed by atoms with Crippen LogP contribution in [0.5, 0.6) is 0 Å². The molecule has 0 aliphatic rings. The van der Waals surface area contributed by atoms with Crippen LogP contribution < -0.4 is 0 Å². The average molecular weight is 226 g/mol. The van der Waals surface area contributed by atoms with Crippen LogP contribution in [0.15, 0.2) is 0 Å². The molecule has 0 aliphatic carbocycles. The molecule has 0 aromatic carbocycles. The minimum atomic E-state index is 0.920. The summed E-state index contributed by atoms with van der Waals surface area (Å²) >= 11 is 0. The molecule has 0 aromatic heterocycles. The topological polar surface area (TPSA) is 0 Å². The zero-order valence-corrected chi connectivity index (χ0v) is 12.4. The van der Waals surface area contributed by atoms with Crippen LogP contribution in [0.2, 0.25) is 0 Å². The van der Waals surface area contributed by atoms with Gasteiger partial charge in [0.2, 0.25) is 0 Å². The van der Waals surface area contributed by atoms with Crippen molar-refractivity contribution in [3.05, 3.63) is 0 Å². The molecule has 0 heteroatoms. The maximum Gasteiger partial charge on any atom is -0.0414 e. The highest BCUT2D eigenvalue weighted by Crippen LogP contribution is 2.26. The molecular weight excluding hydrogens is 192 g/mol. The van der Waals surface area contributed by atoms with E-state index in [1.807, 2.05) is 0 Å². The van der Waals surface area contributed by atoms with E-state index in [1.165, 1.54) is 51.4 Å². The molecule has 0 spiro atoms. The average Bonchev–Trinajstić information content (AvgIpc) is 2.26. The van der Waals surface area contributed by atoms with Crippen LogP contribution in [-0.4, -0.2) is 0 Å². The third-order valence-electron chi connectivity index (χ3n) is 4.06. The van der Waals surface area contributed by atoms with Gasteiger partial charge in [-0.15, -0.1) is 0 Å². The SMILES string of the molecule is CCCCCC(C)CC(C)C(C)CCCC. The zero-order valence-electron chi connectivity index (χ0n) is 12.4. The molecule has 0 saturated heterocycles. The molecule has 3 unspecified atom stereocenters. The molecule has 0 rings (SSSR count). The van der Waals surface area contributed by atoms with Gasteiger partial charge in [-0.1, -0.05) is 79.6 Å². The van der Waals surface area contributed by atoms with Gasteiger partial charge in [-0.25, -0.2) is 0 Å². The van der Waals surface area contributed by atoms with E-state index in [9.17, 15) is 0 Å². The Balaban J connectivity index is 3.62. The van der Waals surface area contributed by atoms with E-state index in [2.05, 4.69) is 34.6 Å². The van der Waals surface area contributed by atoms with Crippen LogP contribution in [0.4, 0.5) is 0 Å². The van der Waals surface area contributed by atoms with Crippen LogP contribution in [-0.2, 0) is 0 Å². The lowest BCUT2D eigenvalue weighted by atomic mass is 9.83. The normalized spacial score (nSPS) is 17.1. The van der Waals surface area contributed by atoms with Gasteiger partial charge in [0, 0.05) is 0 Å². The predicted molar refractivity (Wildman–Crippen MR) is 75.8 cm³/mol. The second-order valence-corrected chi connectivity index (χ2v) is 5.93. The zero-order chi connectivity index (χ0) is 12.4. The molecule has 98 valence electrons. The van der Waals surface area contributed by atoms with Gasteiger partial charge < -0.3 is 0 Å². The Morgan fingerprint density at radius 2 is 1.31 bits per heavy atom. The van der Waals surface area contributed by atoms with Gasteiger partial charge >= 0.3 is 0 Å². The van der Waals surface area contributed by atoms with Gasteiger partial charge in [0.25, 0.3) is 0 Å². The molecule has 0 radical (unpaired) electrons. The number of rotatable bonds is 10. The van der Waals surface area contributed by atoms with Crippen molar-refractivity contribution < 1.29 is 0 Å². The first-order valence-electron chi connectivity index (χ1n) is 7.61. The minimum absolute atomic E-state index is 0.920. The molecular formula is C16H34. The van der Waals surface area contributed by atoms with E-state index < -0.39 is 0 Å². The van der Waals surface area contributed by atoms with Crippen molar-refractivity contribution in [3.8, 4) is 0 Å². The van der Waals surface area contributed by atoms with E-state index in [4.69, 9.17) is 0 Å². The van der Waals surface area contributed by atoms with Gasteiger partial charge in [-0.05, 0) is 24.2 Å². The number of hydrogen-bond donors (Lipinski definition) is 0. The third-order valence-corrected chi connectivity index (χ3v) is 4.06. The van der Waals surface area contributed by atoms with Gasteiger partial charge in [-0.2, -0.15) is 0 Å². The summed E-state index contributed by atoms with van der Waals surface area (Å²) in [7, 11) is 0. The van der Waals surface area contributed by atoms with Crippen molar-refractivity contribution in [2.45, 2.75) is 86.0 Å². The van der Waals surface area contributed by atoms with E-state index in [0.29, 0.717) is 0 Å². The van der Waals surface area contributed by atoms with Crippen molar-refractivity contribution in [2.24, 2.45) is 17.8 Å². The molecule has 16 heavy (non-hydrogen) atoms. The standard InChI is InChI=1S/C16H34/c1-6-8-10-11-14(3)13-16(5)15(4)12-9-7-2/h14-16H,6-13H2,1-5H3. The molecule has 0 N–H and O–H groups in total. The molecule has 0 fully saturated rings. The summed E-state index contributed by atoms with van der Waals surface area (Å²) in [5, 5.41) is 0. The van der Waals surface area contributed by atoms with Gasteiger partial charge in [0.05, 0.1) is 0 Å². The molecule has 0 aromatic rings. The summed E-state index contributed by atoms with van der Waals surface area (Å²) in [6.07, 6.45) is 11.3. The summed E-state index contributed by atoms with van der Waals surface area (Å²) in [6, 6.07) is 0. The van der Waals surface area contributed by atoms with Crippen molar-refractivity contribution >= 4 is 0 Å². The lowest BCUT2D eigenvalue weighted by Gasteiger charge is -2.23. The number of unbranched alkanes of at least 4 members (excludes halogenated alkanes) is 3. The highest BCUT2D eigenvalue weighted by atomic mass is 14.2. The second kappa shape index (κ2) is 10.2. The van der Waals surface area contributed by atoms with Crippen LogP contribution in [0.1, 0.15) is 86.0 Å². The minimum Gasteiger partial charge on any atom is -0.0654 e. The summed E-state index contributed by atoms with van der Waals surface area (Å²) in [5.41, 5.74) is 0. The highest BCUT2D eigenvalue weighted by molar-refractivity contribution is 4.66. The molecule has 3 atom stereocenters. The Kier molecular flexibility index (Phi) is 10.2. The number of hydrogen-bond acceptors (Lipinski definition) is 0. The molecule has 0 heterocycles. The molecule has 0 nitrogen and oxygen atoms in total. The molecule has 0 aliphatic heterocycles. The fraction of sp³-hybridized carbons (Fsp3) is 1.00. The lowest BCUT2D eigenvalue weighted by molar-refractivity contribution is 0.284. The quantitative estimate of drug-likeness (QED) is 0.397. The van der Waals surface area contributed by atoms with Crippen molar-refractivity contribution in [2.75, 3.05) is 0 Å². The molecule has 0 amide bonds. The Labute approximate surface area is 104 Å². The Morgan fingerprint density at radius 3 is 1.88 bits per heavy atom. The Bertz CT molecular complexity index is 139. The fourth-order valence-electron chi connectivity index (χ4n) is 2.54. The van der Waals surface area contributed by atoms with Gasteiger partial charge in [-0.3, -0.25) is 0 Å². The van der Waals surface area contributed by atoms with Crippen molar-refractivity contribution in [1.29, 1.82) is 0 Å². The van der Waals surface area contributed by atoms with Crippen molar-refractivity contribution in [1.82, 2.24) is 0 Å². The second-order valence-electron chi connectivity index (χ2n) is 5.93. The summed E-state index contributed by atoms with van der Waals surface area (Å²) in [4.78, 5) is 0. The summed E-state index contributed by atoms with van der Waals surface area (Å²) < 4.78 is 0. The highest BCUT2D eigenvalue weighted by Gasteiger charge is 2.14. The maximum atomic E-state index is 2.46. The van der Waals surface area contributed by atoms with Gasteiger partial charge in [0.1, 0.15) is 0 Å². The Morgan fingerprint density at radius 1 is 0.688 bits per heavy atom. The van der Waals surface area contributed by atoms with Crippen LogP contribution >= 0.6 is 0 Å². The van der Waals surface area contributed by atoms with E-state index >= 15 is 0 Å².